The van der Waals surface area contributed by atoms with Gasteiger partial charge in [-0.3, -0.25) is 0 Å². The number of benzene rings is 3. The topological polar surface area (TPSA) is 17.8 Å². The molecule has 4 aromatic rings. The number of hydrogen-bond donors (Lipinski definition) is 0. The molecule has 0 radical (unpaired) electrons. The fourth-order valence-electron chi connectivity index (χ4n) is 3.51. The maximum Gasteiger partial charge on any atom is 0.110 e. The molecule has 25 heavy (non-hydrogen) atoms. The molecule has 1 aromatic heterocycles. The second-order valence-electron chi connectivity index (χ2n) is 7.98. The van der Waals surface area contributed by atoms with Gasteiger partial charge in [0.15, 0.2) is 0 Å². The summed E-state index contributed by atoms with van der Waals surface area (Å²) >= 11 is 0. The van der Waals surface area contributed by atoms with Gasteiger partial charge in [-0.2, -0.15) is 0 Å². The van der Waals surface area contributed by atoms with Gasteiger partial charge in [0.25, 0.3) is 0 Å². The third-order valence-corrected chi connectivity index (χ3v) is 4.63. The van der Waals surface area contributed by atoms with Gasteiger partial charge >= 0.3 is 0 Å². The lowest BCUT2D eigenvalue weighted by Crippen LogP contribution is -2.15. The number of rotatable bonds is 3. The lowest BCUT2D eigenvalue weighted by atomic mass is 9.92. The van der Waals surface area contributed by atoms with Crippen LogP contribution in [0, 0.1) is 5.41 Å². The molecule has 0 unspecified atom stereocenters. The van der Waals surface area contributed by atoms with Crippen molar-refractivity contribution in [2.45, 2.75) is 33.7 Å². The summed E-state index contributed by atoms with van der Waals surface area (Å²) in [5.74, 6) is 1.17. The highest BCUT2D eigenvalue weighted by molar-refractivity contribution is 5.86. The molecule has 0 spiro atoms. The smallest absolute Gasteiger partial charge is 0.110 e. The van der Waals surface area contributed by atoms with Crippen LogP contribution in [0.4, 0.5) is 0 Å². The fourth-order valence-corrected chi connectivity index (χ4v) is 3.51. The van der Waals surface area contributed by atoms with E-state index in [2.05, 4.69) is 92.1 Å². The molecule has 0 N–H and O–H groups in total. The third-order valence-electron chi connectivity index (χ3n) is 4.63. The first-order valence-electron chi connectivity index (χ1n) is 8.92. The molecule has 0 aliphatic heterocycles. The van der Waals surface area contributed by atoms with Crippen molar-refractivity contribution in [1.29, 1.82) is 0 Å². The standard InChI is InChI=1S/C23H24N2/c1-23(2,3)15-22-24-20-13-6-7-14-21(20)25(22)16-18-11-8-10-17-9-4-5-12-19(17)18/h4-14H,15-16H2,1-3H3. The summed E-state index contributed by atoms with van der Waals surface area (Å²) < 4.78 is 2.39. The van der Waals surface area contributed by atoms with Crippen LogP contribution in [0.25, 0.3) is 21.8 Å². The van der Waals surface area contributed by atoms with Crippen LogP contribution in [0.2, 0.25) is 0 Å². The maximum atomic E-state index is 4.94. The number of aromatic nitrogens is 2. The average Bonchev–Trinajstić information content (AvgIpc) is 2.91. The van der Waals surface area contributed by atoms with Crippen LogP contribution in [0.5, 0.6) is 0 Å². The van der Waals surface area contributed by atoms with Gasteiger partial charge < -0.3 is 4.57 Å². The zero-order chi connectivity index (χ0) is 17.4. The Balaban J connectivity index is 1.86. The van der Waals surface area contributed by atoms with E-state index in [-0.39, 0.29) is 5.41 Å². The molecule has 0 amide bonds. The number of imidazole rings is 1. The molecule has 0 aliphatic rings. The summed E-state index contributed by atoms with van der Waals surface area (Å²) in [5, 5.41) is 2.62. The Morgan fingerprint density at radius 1 is 0.840 bits per heavy atom. The summed E-state index contributed by atoms with van der Waals surface area (Å²) in [6.45, 7) is 7.67. The van der Waals surface area contributed by atoms with Crippen molar-refractivity contribution in [3.05, 3.63) is 78.1 Å². The number of nitrogens with zero attached hydrogens (tertiary/aromatic N) is 2. The van der Waals surface area contributed by atoms with Gasteiger partial charge in [-0.15, -0.1) is 0 Å². The van der Waals surface area contributed by atoms with E-state index in [0.717, 1.165) is 18.5 Å². The molecule has 0 saturated carbocycles. The van der Waals surface area contributed by atoms with Crippen molar-refractivity contribution in [2.24, 2.45) is 5.41 Å². The van der Waals surface area contributed by atoms with Crippen molar-refractivity contribution < 1.29 is 0 Å². The molecule has 126 valence electrons. The van der Waals surface area contributed by atoms with E-state index >= 15 is 0 Å². The Hall–Kier alpha value is -2.61. The minimum Gasteiger partial charge on any atom is -0.323 e. The van der Waals surface area contributed by atoms with Gasteiger partial charge in [-0.25, -0.2) is 4.98 Å². The molecule has 4 rings (SSSR count). The van der Waals surface area contributed by atoms with E-state index in [0.29, 0.717) is 0 Å². The molecule has 1 heterocycles. The molecule has 3 aromatic carbocycles. The SMILES string of the molecule is CC(C)(C)Cc1nc2ccccc2n1Cc1cccc2ccccc12. The summed E-state index contributed by atoms with van der Waals surface area (Å²) in [6, 6.07) is 23.6. The van der Waals surface area contributed by atoms with Crippen LogP contribution in [0.1, 0.15) is 32.2 Å². The molecule has 0 aliphatic carbocycles. The van der Waals surface area contributed by atoms with Crippen LogP contribution >= 0.6 is 0 Å². The minimum absolute atomic E-state index is 0.206. The Morgan fingerprint density at radius 3 is 2.40 bits per heavy atom. The van der Waals surface area contributed by atoms with E-state index in [4.69, 9.17) is 4.98 Å². The zero-order valence-electron chi connectivity index (χ0n) is 15.2. The fraction of sp³-hybridized carbons (Fsp3) is 0.261. The highest BCUT2D eigenvalue weighted by Crippen LogP contribution is 2.26. The molecule has 0 saturated heterocycles. The predicted octanol–water partition coefficient (Wildman–Crippen LogP) is 5.83. The highest BCUT2D eigenvalue weighted by atomic mass is 15.1. The molecule has 2 heteroatoms. The maximum absolute atomic E-state index is 4.94. The van der Waals surface area contributed by atoms with Crippen molar-refractivity contribution in [3.63, 3.8) is 0 Å². The van der Waals surface area contributed by atoms with E-state index in [1.165, 1.54) is 27.7 Å². The first-order chi connectivity index (χ1) is 12.0. The Kier molecular flexibility index (Phi) is 3.84. The number of para-hydroxylation sites is 2. The van der Waals surface area contributed by atoms with Crippen LogP contribution in [-0.4, -0.2) is 9.55 Å². The Morgan fingerprint density at radius 2 is 1.56 bits per heavy atom. The Bertz CT molecular complexity index is 1030. The predicted molar refractivity (Wildman–Crippen MR) is 106 cm³/mol. The van der Waals surface area contributed by atoms with Gasteiger partial charge in [0.05, 0.1) is 11.0 Å². The van der Waals surface area contributed by atoms with Crippen LogP contribution < -0.4 is 0 Å². The quantitative estimate of drug-likeness (QED) is 0.463. The monoisotopic (exact) mass is 328 g/mol. The number of hydrogen-bond acceptors (Lipinski definition) is 1. The molecule has 0 fully saturated rings. The first kappa shape index (κ1) is 15.9. The van der Waals surface area contributed by atoms with Crippen molar-refractivity contribution >= 4 is 21.8 Å². The molecular formula is C23H24N2. The van der Waals surface area contributed by atoms with E-state index in [9.17, 15) is 0 Å². The third kappa shape index (κ3) is 3.17. The van der Waals surface area contributed by atoms with Crippen molar-refractivity contribution in [1.82, 2.24) is 9.55 Å². The van der Waals surface area contributed by atoms with Gasteiger partial charge in [-0.05, 0) is 33.9 Å². The van der Waals surface area contributed by atoms with Crippen LogP contribution in [0.15, 0.2) is 66.7 Å². The van der Waals surface area contributed by atoms with Gasteiger partial charge in [0.2, 0.25) is 0 Å². The molecule has 2 nitrogen and oxygen atoms in total. The molecule has 0 atom stereocenters. The first-order valence-corrected chi connectivity index (χ1v) is 8.92. The zero-order valence-corrected chi connectivity index (χ0v) is 15.2. The highest BCUT2D eigenvalue weighted by Gasteiger charge is 2.18. The van der Waals surface area contributed by atoms with Crippen LogP contribution in [-0.2, 0) is 13.0 Å². The van der Waals surface area contributed by atoms with Gasteiger partial charge in [-0.1, -0.05) is 75.4 Å². The van der Waals surface area contributed by atoms with Gasteiger partial charge in [0.1, 0.15) is 5.82 Å². The van der Waals surface area contributed by atoms with E-state index in [1.807, 2.05) is 0 Å². The van der Waals surface area contributed by atoms with E-state index < -0.39 is 0 Å². The summed E-state index contributed by atoms with van der Waals surface area (Å²) in [6.07, 6.45) is 0.965. The number of fused-ring (bicyclic) bond motifs is 2. The Labute approximate surface area is 149 Å². The van der Waals surface area contributed by atoms with Crippen molar-refractivity contribution in [2.75, 3.05) is 0 Å². The summed E-state index contributed by atoms with van der Waals surface area (Å²) in [4.78, 5) is 4.94. The lowest BCUT2D eigenvalue weighted by Gasteiger charge is -2.19. The average molecular weight is 328 g/mol. The minimum atomic E-state index is 0.206. The molecular weight excluding hydrogens is 304 g/mol. The van der Waals surface area contributed by atoms with Gasteiger partial charge in [0, 0.05) is 13.0 Å². The normalized spacial score (nSPS) is 12.1. The summed E-state index contributed by atoms with van der Waals surface area (Å²) in [7, 11) is 0. The molecule has 0 bridgehead atoms. The van der Waals surface area contributed by atoms with E-state index in [1.54, 1.807) is 0 Å². The lowest BCUT2D eigenvalue weighted by molar-refractivity contribution is 0.395. The van der Waals surface area contributed by atoms with Crippen molar-refractivity contribution in [3.8, 4) is 0 Å². The summed E-state index contributed by atoms with van der Waals surface area (Å²) in [5.41, 5.74) is 3.85. The second-order valence-corrected chi connectivity index (χ2v) is 7.98. The largest absolute Gasteiger partial charge is 0.323 e. The van der Waals surface area contributed by atoms with Crippen LogP contribution in [0.3, 0.4) is 0 Å². The second kappa shape index (κ2) is 6.03.